The molecule has 0 saturated carbocycles. The van der Waals surface area contributed by atoms with E-state index in [-0.39, 0.29) is 12.1 Å². The first-order chi connectivity index (χ1) is 10.7. The number of fused-ring (bicyclic) bond motifs is 2. The first-order valence-corrected chi connectivity index (χ1v) is 8.18. The maximum atomic E-state index is 9.25. The predicted molar refractivity (Wildman–Crippen MR) is 91.2 cm³/mol. The molecule has 0 unspecified atom stereocenters. The molecule has 22 heavy (non-hydrogen) atoms. The summed E-state index contributed by atoms with van der Waals surface area (Å²) in [4.78, 5) is 0. The molecule has 0 fully saturated rings. The summed E-state index contributed by atoms with van der Waals surface area (Å²) in [5, 5.41) is 12.8. The molecular weight excluding hydrogens is 270 g/mol. The van der Waals surface area contributed by atoms with Crippen LogP contribution in [0.25, 0.3) is 0 Å². The van der Waals surface area contributed by atoms with E-state index >= 15 is 0 Å². The second-order valence-electron chi connectivity index (χ2n) is 6.39. The summed E-state index contributed by atoms with van der Waals surface area (Å²) < 4.78 is 0. The van der Waals surface area contributed by atoms with E-state index in [2.05, 4.69) is 60.8 Å². The van der Waals surface area contributed by atoms with E-state index in [1.165, 1.54) is 22.3 Å². The predicted octanol–water partition coefficient (Wildman–Crippen LogP) is 3.58. The highest BCUT2D eigenvalue weighted by atomic mass is 16.2. The second kappa shape index (κ2) is 6.23. The van der Waals surface area contributed by atoms with Crippen LogP contribution in [0.1, 0.15) is 47.9 Å². The van der Waals surface area contributed by atoms with Gasteiger partial charge in [0.05, 0.1) is 5.54 Å². The highest BCUT2D eigenvalue weighted by Crippen LogP contribution is 2.42. The zero-order valence-corrected chi connectivity index (χ0v) is 13.5. The van der Waals surface area contributed by atoms with E-state index in [0.717, 1.165) is 19.3 Å². The summed E-state index contributed by atoms with van der Waals surface area (Å²) in [7, 11) is 2.04. The molecule has 0 aliphatic heterocycles. The molecule has 2 atom stereocenters. The Balaban J connectivity index is 2.19. The van der Waals surface area contributed by atoms with E-state index in [4.69, 9.17) is 0 Å². The Morgan fingerprint density at radius 3 is 2.50 bits per heavy atom. The molecule has 2 heteroatoms. The minimum Gasteiger partial charge on any atom is -0.396 e. The zero-order chi connectivity index (χ0) is 15.6. The summed E-state index contributed by atoms with van der Waals surface area (Å²) in [5.74, 6) is 0.472. The van der Waals surface area contributed by atoms with Crippen molar-refractivity contribution >= 4 is 0 Å². The van der Waals surface area contributed by atoms with Crippen LogP contribution in [-0.4, -0.2) is 18.8 Å². The van der Waals surface area contributed by atoms with E-state index in [9.17, 15) is 5.11 Å². The van der Waals surface area contributed by atoms with Gasteiger partial charge in [0.25, 0.3) is 0 Å². The molecule has 2 nitrogen and oxygen atoms in total. The fourth-order valence-corrected chi connectivity index (χ4v) is 3.88. The first kappa shape index (κ1) is 15.3. The number of hydrogen-bond acceptors (Lipinski definition) is 2. The third-order valence-corrected chi connectivity index (χ3v) is 5.17. The van der Waals surface area contributed by atoms with Crippen LogP contribution < -0.4 is 5.32 Å². The molecule has 0 amide bonds. The van der Waals surface area contributed by atoms with Crippen molar-refractivity contribution in [2.75, 3.05) is 13.7 Å². The minimum atomic E-state index is -0.166. The summed E-state index contributed by atoms with van der Waals surface area (Å²) in [6.45, 7) is 2.54. The summed E-state index contributed by atoms with van der Waals surface area (Å²) >= 11 is 0. The molecule has 0 radical (unpaired) electrons. The number of rotatable bonds is 4. The monoisotopic (exact) mass is 295 g/mol. The molecule has 0 bridgehead atoms. The van der Waals surface area contributed by atoms with Crippen LogP contribution in [-0.2, 0) is 12.0 Å². The van der Waals surface area contributed by atoms with Gasteiger partial charge in [0.1, 0.15) is 0 Å². The fourth-order valence-electron chi connectivity index (χ4n) is 3.88. The van der Waals surface area contributed by atoms with E-state index in [1.807, 2.05) is 7.05 Å². The summed E-state index contributed by atoms with van der Waals surface area (Å²) in [5.41, 5.74) is 5.41. The largest absolute Gasteiger partial charge is 0.396 e. The number of hydrogen-bond donors (Lipinski definition) is 2. The quantitative estimate of drug-likeness (QED) is 0.903. The van der Waals surface area contributed by atoms with Crippen LogP contribution in [0.15, 0.2) is 48.5 Å². The fraction of sp³-hybridized carbons (Fsp3) is 0.400. The lowest BCUT2D eigenvalue weighted by Crippen LogP contribution is -2.38. The van der Waals surface area contributed by atoms with Crippen molar-refractivity contribution in [1.82, 2.24) is 5.32 Å². The summed E-state index contributed by atoms with van der Waals surface area (Å²) in [6.07, 6.45) is 2.93. The molecule has 0 heterocycles. The molecule has 2 N–H and O–H groups in total. The lowest BCUT2D eigenvalue weighted by atomic mass is 9.81. The Hall–Kier alpha value is -1.64. The first-order valence-electron chi connectivity index (χ1n) is 8.18. The van der Waals surface area contributed by atoms with Gasteiger partial charge in [-0.2, -0.15) is 0 Å². The number of benzene rings is 2. The molecule has 0 aromatic heterocycles. The molecule has 0 spiro atoms. The van der Waals surface area contributed by atoms with Gasteiger partial charge in [0.15, 0.2) is 0 Å². The molecular formula is C20H25NO. The molecule has 1 aliphatic rings. The SMILES string of the molecule is CN[C@]1(C)c2ccccc2C[C@H](CCCO)c2ccccc21. The molecule has 2 aromatic rings. The van der Waals surface area contributed by atoms with Gasteiger partial charge in [0.2, 0.25) is 0 Å². The maximum absolute atomic E-state index is 9.25. The van der Waals surface area contributed by atoms with E-state index in [1.54, 1.807) is 0 Å². The summed E-state index contributed by atoms with van der Waals surface area (Å²) in [6, 6.07) is 17.5. The molecule has 1 aliphatic carbocycles. The van der Waals surface area contributed by atoms with Crippen LogP contribution in [0.3, 0.4) is 0 Å². The van der Waals surface area contributed by atoms with E-state index < -0.39 is 0 Å². The van der Waals surface area contributed by atoms with Crippen molar-refractivity contribution in [2.24, 2.45) is 0 Å². The van der Waals surface area contributed by atoms with Crippen molar-refractivity contribution in [2.45, 2.75) is 37.6 Å². The standard InChI is InChI=1S/C20H25NO/c1-20(21-2)18-11-5-3-8-16(18)14-15(9-7-13-22)17-10-4-6-12-19(17)20/h3-6,8,10-12,15,21-22H,7,9,13-14H2,1-2H3/t15-,20+/m0/s1. The van der Waals surface area contributed by atoms with Crippen LogP contribution in [0, 0.1) is 0 Å². The highest BCUT2D eigenvalue weighted by molar-refractivity contribution is 5.50. The Morgan fingerprint density at radius 2 is 1.77 bits per heavy atom. The molecule has 3 rings (SSSR count). The van der Waals surface area contributed by atoms with E-state index in [0.29, 0.717) is 5.92 Å². The Bertz CT molecular complexity index is 652. The van der Waals surface area contributed by atoms with Gasteiger partial charge in [0, 0.05) is 6.61 Å². The van der Waals surface area contributed by atoms with Crippen LogP contribution >= 0.6 is 0 Å². The zero-order valence-electron chi connectivity index (χ0n) is 13.5. The smallest absolute Gasteiger partial charge is 0.0664 e. The van der Waals surface area contributed by atoms with Crippen LogP contribution in [0.2, 0.25) is 0 Å². The van der Waals surface area contributed by atoms with Crippen molar-refractivity contribution in [3.05, 3.63) is 70.8 Å². The molecule has 116 valence electrons. The van der Waals surface area contributed by atoms with Gasteiger partial charge in [-0.25, -0.2) is 0 Å². The third-order valence-electron chi connectivity index (χ3n) is 5.17. The lowest BCUT2D eigenvalue weighted by molar-refractivity contribution is 0.279. The normalized spacial score (nSPS) is 23.5. The van der Waals surface area contributed by atoms with Gasteiger partial charge in [-0.15, -0.1) is 0 Å². The van der Waals surface area contributed by atoms with Crippen molar-refractivity contribution in [3.8, 4) is 0 Å². The average molecular weight is 295 g/mol. The van der Waals surface area contributed by atoms with Crippen LogP contribution in [0.4, 0.5) is 0 Å². The van der Waals surface area contributed by atoms with Gasteiger partial charge in [-0.1, -0.05) is 48.5 Å². The number of aliphatic hydroxyl groups is 1. The molecule has 0 saturated heterocycles. The van der Waals surface area contributed by atoms with Gasteiger partial charge in [-0.05, 0) is 61.4 Å². The number of aliphatic hydroxyl groups excluding tert-OH is 1. The lowest BCUT2D eigenvalue weighted by Gasteiger charge is -2.32. The van der Waals surface area contributed by atoms with Crippen LogP contribution in [0.5, 0.6) is 0 Å². The Kier molecular flexibility index (Phi) is 4.32. The molecule has 2 aromatic carbocycles. The second-order valence-corrected chi connectivity index (χ2v) is 6.39. The Labute approximate surface area is 133 Å². The third kappa shape index (κ3) is 2.47. The topological polar surface area (TPSA) is 32.3 Å². The number of nitrogens with one attached hydrogen (secondary N) is 1. The average Bonchev–Trinajstić information content (AvgIpc) is 2.68. The van der Waals surface area contributed by atoms with Crippen molar-refractivity contribution in [1.29, 1.82) is 0 Å². The van der Waals surface area contributed by atoms with Gasteiger partial charge < -0.3 is 10.4 Å². The van der Waals surface area contributed by atoms with Gasteiger partial charge in [-0.3, -0.25) is 0 Å². The minimum absolute atomic E-state index is 0.166. The Morgan fingerprint density at radius 1 is 1.09 bits per heavy atom. The van der Waals surface area contributed by atoms with Gasteiger partial charge >= 0.3 is 0 Å². The highest BCUT2D eigenvalue weighted by Gasteiger charge is 2.35. The van der Waals surface area contributed by atoms with Crippen molar-refractivity contribution < 1.29 is 5.11 Å². The van der Waals surface area contributed by atoms with Crippen molar-refractivity contribution in [3.63, 3.8) is 0 Å². The maximum Gasteiger partial charge on any atom is 0.0664 e.